The second-order valence-corrected chi connectivity index (χ2v) is 10.2. The van der Waals surface area contributed by atoms with Gasteiger partial charge in [-0.15, -0.1) is 0 Å². The molecule has 5 aromatic carbocycles. The number of imidazole rings is 1. The van der Waals surface area contributed by atoms with Crippen LogP contribution in [0.4, 0.5) is 0 Å². The van der Waals surface area contributed by atoms with E-state index in [9.17, 15) is 0 Å². The maximum Gasteiger partial charge on any atom is 0.174 e. The zero-order valence-electron chi connectivity index (χ0n) is 31.2. The van der Waals surface area contributed by atoms with Gasteiger partial charge in [-0.1, -0.05) is 115 Å². The molecule has 0 saturated heterocycles. The molecule has 7 aromatic rings. The van der Waals surface area contributed by atoms with Gasteiger partial charge in [0.1, 0.15) is 0 Å². The second kappa shape index (κ2) is 9.84. The van der Waals surface area contributed by atoms with E-state index in [0.717, 1.165) is 44.3 Å². The van der Waals surface area contributed by atoms with Crippen molar-refractivity contribution in [2.24, 2.45) is 0 Å². The Balaban J connectivity index is 1.33. The summed E-state index contributed by atoms with van der Waals surface area (Å²) in [5, 5.41) is 0.903. The number of fused-ring (bicyclic) bond motifs is 5. The first-order chi connectivity index (χ1) is 24.4. The van der Waals surface area contributed by atoms with E-state index < -0.39 is 60.4 Å². The molecule has 41 heavy (non-hydrogen) atoms. The molecule has 0 amide bonds. The summed E-state index contributed by atoms with van der Waals surface area (Å²) in [6, 6.07) is 15.6. The van der Waals surface area contributed by atoms with Gasteiger partial charge >= 0.3 is 0 Å². The number of hydrogen-bond donors (Lipinski definition) is 0. The maximum absolute atomic E-state index is 8.58. The van der Waals surface area contributed by atoms with Gasteiger partial charge in [-0.25, -0.2) is 19.9 Å². The number of rotatable bonds is 4. The Kier molecular flexibility index (Phi) is 3.76. The van der Waals surface area contributed by atoms with E-state index in [1.807, 2.05) is 42.5 Å². The van der Waals surface area contributed by atoms with E-state index >= 15 is 0 Å². The smallest absolute Gasteiger partial charge is 0.174 e. The van der Waals surface area contributed by atoms with Crippen LogP contribution in [-0.4, -0.2) is 24.5 Å². The Hall–Kier alpha value is -5.07. The molecule has 5 nitrogen and oxygen atoms in total. The van der Waals surface area contributed by atoms with E-state index in [-0.39, 0.29) is 28.6 Å². The predicted octanol–water partition coefficient (Wildman–Crippen LogP) is 8.48. The monoisotopic (exact) mass is 555 g/mol. The fourth-order valence-electron chi connectivity index (χ4n) is 4.84. The Morgan fingerprint density at radius 1 is 0.585 bits per heavy atom. The minimum absolute atomic E-state index is 0.00715. The van der Waals surface area contributed by atoms with Gasteiger partial charge in [-0.05, 0) is 41.0 Å². The first-order valence-corrected chi connectivity index (χ1v) is 13.7. The first-order valence-electron chi connectivity index (χ1n) is 17.7. The Morgan fingerprint density at radius 2 is 1.22 bits per heavy atom. The van der Waals surface area contributed by atoms with Crippen molar-refractivity contribution >= 4 is 22.8 Å². The standard InChI is InChI=1S/C35H23N5S/c1-3-10-23(11-4-1)32-37-33(24-12-5-2-6-13-24)39-34(38-32)27-15-9-14-25(20-27)26-18-19-28-22-41-35-36-29-16-7-8-17-30(29)40(35)31(28)21-26/h1-21H,22H2/i1D,2D,3D,4D,5D,6D,10D,11D,12D,13D. The van der Waals surface area contributed by atoms with Crippen LogP contribution in [-0.2, 0) is 5.75 Å². The summed E-state index contributed by atoms with van der Waals surface area (Å²) in [6.45, 7) is 0. The van der Waals surface area contributed by atoms with Crippen molar-refractivity contribution in [2.45, 2.75) is 10.9 Å². The topological polar surface area (TPSA) is 56.5 Å². The largest absolute Gasteiger partial charge is 0.287 e. The number of nitrogens with zero attached hydrogens (tertiary/aromatic N) is 5. The van der Waals surface area contributed by atoms with Gasteiger partial charge in [-0.2, -0.15) is 0 Å². The van der Waals surface area contributed by atoms with Gasteiger partial charge < -0.3 is 0 Å². The fraction of sp³-hybridized carbons (Fsp3) is 0.0286. The van der Waals surface area contributed by atoms with Crippen molar-refractivity contribution in [3.63, 3.8) is 0 Å². The van der Waals surface area contributed by atoms with Crippen molar-refractivity contribution in [3.05, 3.63) is 133 Å². The predicted molar refractivity (Wildman–Crippen MR) is 166 cm³/mol. The minimum Gasteiger partial charge on any atom is -0.287 e. The summed E-state index contributed by atoms with van der Waals surface area (Å²) in [5.74, 6) is 0.155. The molecule has 8 rings (SSSR count). The maximum atomic E-state index is 8.58. The van der Waals surface area contributed by atoms with Crippen molar-refractivity contribution in [1.29, 1.82) is 0 Å². The third kappa shape index (κ3) is 4.29. The molecular formula is C35H23N5S. The number of aromatic nitrogens is 5. The average Bonchev–Trinajstić information content (AvgIpc) is 3.54. The summed E-state index contributed by atoms with van der Waals surface area (Å²) < 4.78 is 85.4. The number of para-hydroxylation sites is 2. The molecule has 0 unspecified atom stereocenters. The van der Waals surface area contributed by atoms with Crippen LogP contribution in [0.15, 0.2) is 132 Å². The highest BCUT2D eigenvalue weighted by molar-refractivity contribution is 7.98. The molecule has 0 spiro atoms. The molecule has 3 heterocycles. The number of hydrogen-bond acceptors (Lipinski definition) is 5. The average molecular weight is 556 g/mol. The molecule has 6 heteroatoms. The highest BCUT2D eigenvalue weighted by atomic mass is 32.2. The van der Waals surface area contributed by atoms with Crippen molar-refractivity contribution in [3.8, 4) is 51.0 Å². The third-order valence-electron chi connectivity index (χ3n) is 6.75. The lowest BCUT2D eigenvalue weighted by Crippen LogP contribution is -2.06. The third-order valence-corrected chi connectivity index (χ3v) is 7.74. The van der Waals surface area contributed by atoms with Gasteiger partial charge in [-0.3, -0.25) is 4.57 Å². The molecule has 0 aliphatic carbocycles. The molecule has 0 N–H and O–H groups in total. The molecule has 2 aromatic heterocycles. The molecule has 194 valence electrons. The lowest BCUT2D eigenvalue weighted by Gasteiger charge is -2.20. The summed E-state index contributed by atoms with van der Waals surface area (Å²) in [5.41, 5.74) is 5.57. The molecule has 0 radical (unpaired) electrons. The molecule has 0 bridgehead atoms. The molecule has 0 atom stereocenters. The van der Waals surface area contributed by atoms with Crippen LogP contribution in [0.1, 0.15) is 19.3 Å². The van der Waals surface area contributed by atoms with E-state index in [4.69, 9.17) is 18.7 Å². The highest BCUT2D eigenvalue weighted by Crippen LogP contribution is 2.39. The Bertz CT molecular complexity index is 2480. The first kappa shape index (κ1) is 15.6. The van der Waals surface area contributed by atoms with Gasteiger partial charge in [0.25, 0.3) is 0 Å². The zero-order chi connectivity index (χ0) is 35.9. The van der Waals surface area contributed by atoms with Gasteiger partial charge in [0.15, 0.2) is 22.6 Å². The van der Waals surface area contributed by atoms with E-state index in [1.54, 1.807) is 23.9 Å². The van der Waals surface area contributed by atoms with Gasteiger partial charge in [0.2, 0.25) is 0 Å². The van der Waals surface area contributed by atoms with Gasteiger partial charge in [0.05, 0.1) is 30.4 Å². The van der Waals surface area contributed by atoms with Crippen LogP contribution in [0, 0.1) is 0 Å². The number of thioether (sulfide) groups is 1. The van der Waals surface area contributed by atoms with Gasteiger partial charge in [0, 0.05) is 22.4 Å². The second-order valence-electron chi connectivity index (χ2n) is 9.24. The van der Waals surface area contributed by atoms with E-state index in [0.29, 0.717) is 5.56 Å². The molecular weight excluding hydrogens is 522 g/mol. The minimum atomic E-state index is -0.598. The summed E-state index contributed by atoms with van der Waals surface area (Å²) in [4.78, 5) is 18.3. The molecule has 0 saturated carbocycles. The lowest BCUT2D eigenvalue weighted by atomic mass is 10.00. The van der Waals surface area contributed by atoms with Crippen LogP contribution in [0.5, 0.6) is 0 Å². The van der Waals surface area contributed by atoms with Crippen LogP contribution in [0.25, 0.3) is 62.0 Å². The molecule has 1 aliphatic heterocycles. The molecule has 1 aliphatic rings. The van der Waals surface area contributed by atoms with Crippen LogP contribution < -0.4 is 0 Å². The van der Waals surface area contributed by atoms with E-state index in [2.05, 4.69) is 31.7 Å². The highest BCUT2D eigenvalue weighted by Gasteiger charge is 2.21. The lowest BCUT2D eigenvalue weighted by molar-refractivity contribution is 0.895. The quantitative estimate of drug-likeness (QED) is 0.218. The molecule has 0 fully saturated rings. The van der Waals surface area contributed by atoms with E-state index in [1.165, 1.54) is 0 Å². The summed E-state index contributed by atoms with van der Waals surface area (Å²) >= 11 is 1.67. The number of benzene rings is 5. The SMILES string of the molecule is [2H]c1c([2H])c([2H])c(-c2nc(-c3cccc(-c4ccc5c(c4)-n4c(nc6ccccc64)SC5)c3)nc(-c3c([2H])c([2H])c([2H])c([2H])c3[2H])n2)c([2H])c1[2H]. The Labute approximate surface area is 255 Å². The Morgan fingerprint density at radius 3 is 1.95 bits per heavy atom. The normalized spacial score (nSPS) is 15.6. The van der Waals surface area contributed by atoms with Crippen LogP contribution in [0.2, 0.25) is 0 Å². The van der Waals surface area contributed by atoms with Crippen molar-refractivity contribution in [2.75, 3.05) is 0 Å². The van der Waals surface area contributed by atoms with Crippen LogP contribution in [0.3, 0.4) is 0 Å². The fourth-order valence-corrected chi connectivity index (χ4v) is 5.86. The summed E-state index contributed by atoms with van der Waals surface area (Å²) in [6.07, 6.45) is 0. The zero-order valence-corrected chi connectivity index (χ0v) is 22.0. The van der Waals surface area contributed by atoms with Crippen LogP contribution >= 0.6 is 11.8 Å². The van der Waals surface area contributed by atoms with Crippen molar-refractivity contribution in [1.82, 2.24) is 24.5 Å². The summed E-state index contributed by atoms with van der Waals surface area (Å²) in [7, 11) is 0. The van der Waals surface area contributed by atoms with Crippen molar-refractivity contribution < 1.29 is 13.7 Å².